The van der Waals surface area contributed by atoms with E-state index in [1.54, 1.807) is 18.3 Å². The Morgan fingerprint density at radius 1 is 0.780 bits per heavy atom. The van der Waals surface area contributed by atoms with Crippen LogP contribution in [0.5, 0.6) is 0 Å². The second-order valence-corrected chi connectivity index (χ2v) is 16.9. The Bertz CT molecular complexity index is 2340. The van der Waals surface area contributed by atoms with Crippen LogP contribution >= 0.6 is 0 Å². The number of carbonyl (C=O) groups excluding carboxylic acids is 1. The average molecular weight is 981 g/mol. The SMILES string of the molecule is CC(C)(C)c1cc(-c2nccc3cc(-c4ccc(-c5ccc(CC(C)(C)C(F)(F)F)cc5)cc4)oc23)[c-]c2ccccc12.CCC(CC)C(=O)/C=C(\O)C(CC)CC.[Ir]. The molecule has 4 aromatic carbocycles. The van der Waals surface area contributed by atoms with Gasteiger partial charge in [0.05, 0.1) is 11.2 Å². The van der Waals surface area contributed by atoms with E-state index in [0.717, 1.165) is 70.2 Å². The van der Waals surface area contributed by atoms with Crippen LogP contribution in [0, 0.1) is 23.3 Å². The fraction of sp³-hybridized carbons (Fsp3) is 0.373. The quantitative estimate of drug-likeness (QED) is 0.0754. The van der Waals surface area contributed by atoms with Crippen molar-refractivity contribution in [2.45, 2.75) is 106 Å². The number of rotatable bonds is 12. The van der Waals surface area contributed by atoms with Gasteiger partial charge < -0.3 is 9.52 Å². The maximum Gasteiger partial charge on any atom is 0.394 e. The fourth-order valence-corrected chi connectivity index (χ4v) is 7.31. The molecule has 6 rings (SSSR count). The molecule has 6 aromatic rings. The largest absolute Gasteiger partial charge is 0.512 e. The Balaban J connectivity index is 0.000000411. The van der Waals surface area contributed by atoms with Crippen molar-refractivity contribution in [3.8, 4) is 33.7 Å². The van der Waals surface area contributed by atoms with Crippen molar-refractivity contribution in [3.63, 3.8) is 0 Å². The van der Waals surface area contributed by atoms with Gasteiger partial charge in [-0.3, -0.25) is 9.78 Å². The van der Waals surface area contributed by atoms with Gasteiger partial charge in [-0.15, -0.1) is 29.1 Å². The zero-order valence-electron chi connectivity index (χ0n) is 35.7. The molecule has 0 atom stereocenters. The summed E-state index contributed by atoms with van der Waals surface area (Å²) in [5.41, 5.74) is 5.26. The van der Waals surface area contributed by atoms with Gasteiger partial charge in [0.2, 0.25) is 0 Å². The predicted octanol–water partition coefficient (Wildman–Crippen LogP) is 15.1. The molecular weight excluding hydrogens is 924 g/mol. The summed E-state index contributed by atoms with van der Waals surface area (Å²) in [5, 5.41) is 12.9. The molecule has 2 heterocycles. The molecule has 0 aliphatic rings. The maximum absolute atomic E-state index is 13.3. The first-order valence-electron chi connectivity index (χ1n) is 20.5. The first kappa shape index (κ1) is 47.2. The van der Waals surface area contributed by atoms with Gasteiger partial charge in [-0.1, -0.05) is 140 Å². The smallest absolute Gasteiger partial charge is 0.394 e. The van der Waals surface area contributed by atoms with Crippen molar-refractivity contribution >= 4 is 27.5 Å². The van der Waals surface area contributed by atoms with Crippen molar-refractivity contribution in [1.29, 1.82) is 0 Å². The minimum Gasteiger partial charge on any atom is -0.512 e. The van der Waals surface area contributed by atoms with E-state index < -0.39 is 11.6 Å². The van der Waals surface area contributed by atoms with Crippen LogP contribution in [0.3, 0.4) is 0 Å². The average Bonchev–Trinajstić information content (AvgIpc) is 3.63. The number of hydrogen-bond donors (Lipinski definition) is 1. The Morgan fingerprint density at radius 3 is 1.90 bits per heavy atom. The number of fused-ring (bicyclic) bond motifs is 2. The Morgan fingerprint density at radius 2 is 1.34 bits per heavy atom. The van der Waals surface area contributed by atoms with E-state index in [2.05, 4.69) is 51.1 Å². The third kappa shape index (κ3) is 11.2. The van der Waals surface area contributed by atoms with Crippen molar-refractivity contribution in [2.24, 2.45) is 17.3 Å². The molecule has 4 nitrogen and oxygen atoms in total. The number of pyridine rings is 1. The molecule has 1 N–H and O–H groups in total. The summed E-state index contributed by atoms with van der Waals surface area (Å²) in [6.07, 6.45) is 2.40. The number of furan rings is 1. The number of halogens is 3. The number of alkyl halides is 3. The van der Waals surface area contributed by atoms with E-state index in [0.29, 0.717) is 11.1 Å². The first-order valence-corrected chi connectivity index (χ1v) is 20.5. The number of aliphatic hydroxyl groups is 1. The second kappa shape index (κ2) is 19.7. The Hall–Kier alpha value is -4.52. The topological polar surface area (TPSA) is 63.3 Å². The summed E-state index contributed by atoms with van der Waals surface area (Å²) in [5.74, 6) is 1.28. The van der Waals surface area contributed by atoms with Crippen LogP contribution in [-0.2, 0) is 36.7 Å². The first-order chi connectivity index (χ1) is 27.4. The van der Waals surface area contributed by atoms with E-state index >= 15 is 0 Å². The Kier molecular flexibility index (Phi) is 15.7. The molecule has 0 aliphatic carbocycles. The number of hydrogen-bond acceptors (Lipinski definition) is 4. The number of ketones is 1. The second-order valence-electron chi connectivity index (χ2n) is 16.9. The molecule has 0 aliphatic heterocycles. The number of aliphatic hydroxyl groups excluding tert-OH is 1. The number of allylic oxidation sites excluding steroid dienone is 2. The van der Waals surface area contributed by atoms with Gasteiger partial charge in [0.1, 0.15) is 11.3 Å². The van der Waals surface area contributed by atoms with Gasteiger partial charge in [-0.25, -0.2) is 0 Å². The standard InChI is InChI=1S/C38H33F3NO.C13H24O2.Ir/c1-36(2,3)32-21-30(20-28-8-6-7-9-31(28)32)34-35-29(18-19-42-34)22-33(43-35)27-16-14-26(15-17-27)25-12-10-24(11-13-25)23-37(4,5)38(39,40)41;1-5-10(6-2)12(14)9-13(15)11(7-3)8-4;/h6-19,21-22H,23H2,1-5H3;9-11,14H,5-8H2,1-4H3;/q-1;;/b;12-9-;. The van der Waals surface area contributed by atoms with Crippen LogP contribution < -0.4 is 0 Å². The van der Waals surface area contributed by atoms with Gasteiger partial charge >= 0.3 is 6.18 Å². The van der Waals surface area contributed by atoms with Crippen molar-refractivity contribution < 1.29 is 47.6 Å². The van der Waals surface area contributed by atoms with Crippen LogP contribution in [-0.4, -0.2) is 22.1 Å². The zero-order valence-corrected chi connectivity index (χ0v) is 38.1. The normalized spacial score (nSPS) is 12.5. The molecule has 0 unspecified atom stereocenters. The number of nitrogens with zero attached hydrogens (tertiary/aromatic N) is 1. The van der Waals surface area contributed by atoms with Crippen LogP contribution in [0.1, 0.15) is 99.1 Å². The molecule has 2 aromatic heterocycles. The predicted molar refractivity (Wildman–Crippen MR) is 233 cm³/mol. The molecule has 0 spiro atoms. The molecule has 315 valence electrons. The summed E-state index contributed by atoms with van der Waals surface area (Å²) < 4.78 is 46.4. The van der Waals surface area contributed by atoms with Gasteiger partial charge in [-0.2, -0.15) is 13.2 Å². The molecule has 0 amide bonds. The van der Waals surface area contributed by atoms with Crippen LogP contribution in [0.25, 0.3) is 55.4 Å². The third-order valence-electron chi connectivity index (χ3n) is 11.2. The monoisotopic (exact) mass is 981 g/mol. The summed E-state index contributed by atoms with van der Waals surface area (Å²) >= 11 is 0. The van der Waals surface area contributed by atoms with E-state index in [1.165, 1.54) is 30.9 Å². The van der Waals surface area contributed by atoms with Gasteiger partial charge in [0.25, 0.3) is 0 Å². The molecule has 0 saturated carbocycles. The van der Waals surface area contributed by atoms with E-state index in [-0.39, 0.29) is 55.3 Å². The molecule has 0 saturated heterocycles. The summed E-state index contributed by atoms with van der Waals surface area (Å²) in [6, 6.07) is 33.3. The number of benzene rings is 4. The van der Waals surface area contributed by atoms with Crippen molar-refractivity contribution in [3.05, 3.63) is 126 Å². The number of carbonyl (C=O) groups is 1. The molecule has 8 heteroatoms. The van der Waals surface area contributed by atoms with Gasteiger partial charge in [-0.05, 0) is 66.3 Å². The Labute approximate surface area is 361 Å². The van der Waals surface area contributed by atoms with Crippen molar-refractivity contribution in [1.82, 2.24) is 4.98 Å². The molecule has 0 fully saturated rings. The molecule has 0 bridgehead atoms. The van der Waals surface area contributed by atoms with E-state index in [1.807, 2.05) is 82.3 Å². The summed E-state index contributed by atoms with van der Waals surface area (Å²) in [7, 11) is 0. The summed E-state index contributed by atoms with van der Waals surface area (Å²) in [4.78, 5) is 16.4. The van der Waals surface area contributed by atoms with E-state index in [4.69, 9.17) is 9.40 Å². The van der Waals surface area contributed by atoms with Crippen molar-refractivity contribution in [2.75, 3.05) is 0 Å². The van der Waals surface area contributed by atoms with Crippen LogP contribution in [0.2, 0.25) is 0 Å². The van der Waals surface area contributed by atoms with Crippen LogP contribution in [0.4, 0.5) is 13.2 Å². The minimum absolute atomic E-state index is 0. The third-order valence-corrected chi connectivity index (χ3v) is 11.2. The minimum atomic E-state index is -4.25. The van der Waals surface area contributed by atoms with Gasteiger partial charge in [0, 0.05) is 60.9 Å². The zero-order chi connectivity index (χ0) is 42.4. The number of aromatic nitrogens is 1. The molecular formula is C51H57F3IrNO3-. The van der Waals surface area contributed by atoms with Crippen LogP contribution in [0.15, 0.2) is 113 Å². The maximum atomic E-state index is 13.3. The van der Waals surface area contributed by atoms with E-state index in [9.17, 15) is 23.1 Å². The fourth-order valence-electron chi connectivity index (χ4n) is 7.31. The summed E-state index contributed by atoms with van der Waals surface area (Å²) in [6.45, 7) is 17.2. The molecule has 1 radical (unpaired) electrons. The molecule has 59 heavy (non-hydrogen) atoms. The van der Waals surface area contributed by atoms with Gasteiger partial charge in [0.15, 0.2) is 5.78 Å².